The van der Waals surface area contributed by atoms with Crippen molar-refractivity contribution in [2.24, 2.45) is 0 Å². The van der Waals surface area contributed by atoms with E-state index in [2.05, 4.69) is 10.2 Å². The molecule has 1 aliphatic rings. The summed E-state index contributed by atoms with van der Waals surface area (Å²) in [5.74, 6) is 0.306. The summed E-state index contributed by atoms with van der Waals surface area (Å²) in [6, 6.07) is 12.7. The molecule has 3 rings (SSSR count). The lowest BCUT2D eigenvalue weighted by molar-refractivity contribution is -0.119. The van der Waals surface area contributed by atoms with Gasteiger partial charge < -0.3 is 19.7 Å². The van der Waals surface area contributed by atoms with Gasteiger partial charge in [0.25, 0.3) is 0 Å². The Bertz CT molecular complexity index is 789. The van der Waals surface area contributed by atoms with Crippen molar-refractivity contribution in [3.05, 3.63) is 53.8 Å². The highest BCUT2D eigenvalue weighted by Gasteiger charge is 2.29. The lowest BCUT2D eigenvalue weighted by atomic mass is 10.1. The zero-order valence-electron chi connectivity index (χ0n) is 15.9. The number of hydrogen-bond donors (Lipinski definition) is 1. The molecule has 0 aromatic heterocycles. The van der Waals surface area contributed by atoms with Gasteiger partial charge in [0.2, 0.25) is 5.91 Å². The van der Waals surface area contributed by atoms with Crippen LogP contribution in [0, 0.1) is 5.82 Å². The molecule has 2 aromatic rings. The zero-order valence-corrected chi connectivity index (χ0v) is 15.9. The van der Waals surface area contributed by atoms with Crippen molar-refractivity contribution in [1.29, 1.82) is 0 Å². The molecule has 1 amide bonds. The topological polar surface area (TPSA) is 50.8 Å². The third-order valence-electron chi connectivity index (χ3n) is 4.53. The van der Waals surface area contributed by atoms with Crippen LogP contribution in [0.5, 0.6) is 11.5 Å². The summed E-state index contributed by atoms with van der Waals surface area (Å²) in [5, 5.41) is 2.87. The second-order valence-electron chi connectivity index (χ2n) is 6.68. The molecule has 5 nitrogen and oxygen atoms in total. The number of nitrogens with zero attached hydrogens (tertiary/aromatic N) is 1. The number of carbonyl (C=O) groups excluding carboxylic acids is 1. The maximum absolute atomic E-state index is 14.1. The third-order valence-corrected chi connectivity index (χ3v) is 4.53. The minimum absolute atomic E-state index is 0.0216. The van der Waals surface area contributed by atoms with Crippen molar-refractivity contribution in [2.45, 2.75) is 32.9 Å². The lowest BCUT2D eigenvalue weighted by Gasteiger charge is -2.40. The number of benzene rings is 2. The van der Waals surface area contributed by atoms with Crippen LogP contribution in [0.4, 0.5) is 10.1 Å². The molecule has 0 spiro atoms. The summed E-state index contributed by atoms with van der Waals surface area (Å²) in [4.78, 5) is 13.3. The monoisotopic (exact) mass is 372 g/mol. The van der Waals surface area contributed by atoms with Gasteiger partial charge in [-0.05, 0) is 43.7 Å². The van der Waals surface area contributed by atoms with Crippen molar-refractivity contribution in [3.63, 3.8) is 0 Å². The molecule has 1 N–H and O–H groups in total. The highest BCUT2D eigenvalue weighted by atomic mass is 19.1. The summed E-state index contributed by atoms with van der Waals surface area (Å²) in [6.45, 7) is 7.23. The van der Waals surface area contributed by atoms with Crippen LogP contribution in [0.3, 0.4) is 0 Å². The fourth-order valence-corrected chi connectivity index (χ4v) is 3.10. The average Bonchev–Trinajstić information content (AvgIpc) is 2.59. The largest absolute Gasteiger partial charge is 0.494 e. The van der Waals surface area contributed by atoms with Crippen LogP contribution in [0.15, 0.2) is 42.5 Å². The predicted molar refractivity (Wildman–Crippen MR) is 103 cm³/mol. The predicted octanol–water partition coefficient (Wildman–Crippen LogP) is 3.69. The van der Waals surface area contributed by atoms with Crippen LogP contribution >= 0.6 is 0 Å². The molecular formula is C21H25FN2O3. The Morgan fingerprint density at radius 1 is 1.26 bits per heavy atom. The minimum Gasteiger partial charge on any atom is -0.494 e. The van der Waals surface area contributed by atoms with Crippen LogP contribution in [-0.2, 0) is 4.79 Å². The number of nitrogens with one attached hydrogen (secondary N) is 1. The van der Waals surface area contributed by atoms with E-state index in [4.69, 9.17) is 9.47 Å². The van der Waals surface area contributed by atoms with Gasteiger partial charge in [-0.25, -0.2) is 4.39 Å². The van der Waals surface area contributed by atoms with Crippen molar-refractivity contribution in [2.75, 3.05) is 24.6 Å². The summed E-state index contributed by atoms with van der Waals surface area (Å²) < 4.78 is 25.1. The van der Waals surface area contributed by atoms with E-state index in [9.17, 15) is 9.18 Å². The van der Waals surface area contributed by atoms with Gasteiger partial charge >= 0.3 is 0 Å². The molecule has 1 heterocycles. The third kappa shape index (κ3) is 4.70. The lowest BCUT2D eigenvalue weighted by Crippen LogP contribution is -2.54. The van der Waals surface area contributed by atoms with Gasteiger partial charge in [-0.3, -0.25) is 4.79 Å². The van der Waals surface area contributed by atoms with Crippen LogP contribution in [0.2, 0.25) is 0 Å². The molecule has 0 aliphatic carbocycles. The molecular weight excluding hydrogens is 347 g/mol. The maximum atomic E-state index is 14.1. The van der Waals surface area contributed by atoms with Gasteiger partial charge in [0.05, 0.1) is 25.7 Å². The molecule has 2 aromatic carbocycles. The Labute approximate surface area is 159 Å². The number of ether oxygens (including phenoxy) is 2. The smallest absolute Gasteiger partial charge is 0.217 e. The fourth-order valence-electron chi connectivity index (χ4n) is 3.10. The molecule has 1 fully saturated rings. The Morgan fingerprint density at radius 2 is 1.96 bits per heavy atom. The second kappa shape index (κ2) is 8.29. The average molecular weight is 372 g/mol. The van der Waals surface area contributed by atoms with Gasteiger partial charge in [-0.2, -0.15) is 0 Å². The number of hydrogen-bond acceptors (Lipinski definition) is 4. The van der Waals surface area contributed by atoms with E-state index in [0.717, 1.165) is 11.3 Å². The molecule has 0 radical (unpaired) electrons. The number of rotatable bonds is 7. The van der Waals surface area contributed by atoms with Crippen LogP contribution < -0.4 is 19.7 Å². The Hall–Kier alpha value is -2.76. The van der Waals surface area contributed by atoms with Crippen molar-refractivity contribution >= 4 is 11.6 Å². The first-order valence-electron chi connectivity index (χ1n) is 9.17. The standard InChI is InChI=1S/C21H25FN2O3/c1-4-26-18-9-10-21(20(22)11-18)27-19-12-24(13-19)17-7-5-16(6-8-17)14(2)23-15(3)25/h5-11,14,19H,4,12-13H2,1-3H3,(H,23,25). The molecule has 1 atom stereocenters. The number of carbonyl (C=O) groups is 1. The summed E-state index contributed by atoms with van der Waals surface area (Å²) in [5.41, 5.74) is 2.14. The van der Waals surface area contributed by atoms with Crippen molar-refractivity contribution in [3.8, 4) is 11.5 Å². The van der Waals surface area contributed by atoms with E-state index < -0.39 is 5.82 Å². The van der Waals surface area contributed by atoms with E-state index in [1.54, 1.807) is 12.1 Å². The van der Waals surface area contributed by atoms with E-state index in [1.165, 1.54) is 13.0 Å². The van der Waals surface area contributed by atoms with Crippen LogP contribution in [0.25, 0.3) is 0 Å². The summed E-state index contributed by atoms with van der Waals surface area (Å²) in [6.07, 6.45) is -0.0459. The molecule has 0 saturated carbocycles. The van der Waals surface area contributed by atoms with Crippen LogP contribution in [0.1, 0.15) is 32.4 Å². The molecule has 27 heavy (non-hydrogen) atoms. The van der Waals surface area contributed by atoms with Gasteiger partial charge in [-0.1, -0.05) is 12.1 Å². The van der Waals surface area contributed by atoms with E-state index >= 15 is 0 Å². The highest BCUT2D eigenvalue weighted by molar-refractivity contribution is 5.73. The molecule has 144 valence electrons. The first-order chi connectivity index (χ1) is 13.0. The number of halogens is 1. The second-order valence-corrected chi connectivity index (χ2v) is 6.68. The van der Waals surface area contributed by atoms with Crippen molar-refractivity contribution in [1.82, 2.24) is 5.32 Å². The number of anilines is 1. The first-order valence-corrected chi connectivity index (χ1v) is 9.17. The Kier molecular flexibility index (Phi) is 5.84. The zero-order chi connectivity index (χ0) is 19.4. The maximum Gasteiger partial charge on any atom is 0.217 e. The Balaban J connectivity index is 1.53. The van der Waals surface area contributed by atoms with Gasteiger partial charge in [0.15, 0.2) is 11.6 Å². The summed E-state index contributed by atoms with van der Waals surface area (Å²) in [7, 11) is 0. The minimum atomic E-state index is -0.407. The first kappa shape index (κ1) is 19.0. The Morgan fingerprint density at radius 3 is 2.56 bits per heavy atom. The fraction of sp³-hybridized carbons (Fsp3) is 0.381. The normalized spacial score (nSPS) is 15.0. The van der Waals surface area contributed by atoms with E-state index in [0.29, 0.717) is 25.4 Å². The van der Waals surface area contributed by atoms with Gasteiger partial charge in [-0.15, -0.1) is 0 Å². The van der Waals surface area contributed by atoms with E-state index in [1.807, 2.05) is 38.1 Å². The van der Waals surface area contributed by atoms with Gasteiger partial charge in [0, 0.05) is 18.7 Å². The van der Waals surface area contributed by atoms with Crippen molar-refractivity contribution < 1.29 is 18.7 Å². The summed E-state index contributed by atoms with van der Waals surface area (Å²) >= 11 is 0. The quantitative estimate of drug-likeness (QED) is 0.805. The highest BCUT2D eigenvalue weighted by Crippen LogP contribution is 2.28. The van der Waals surface area contributed by atoms with Crippen LogP contribution in [-0.4, -0.2) is 31.7 Å². The molecule has 1 saturated heterocycles. The molecule has 6 heteroatoms. The van der Waals surface area contributed by atoms with E-state index in [-0.39, 0.29) is 23.8 Å². The molecule has 1 aliphatic heterocycles. The SMILES string of the molecule is CCOc1ccc(OC2CN(c3ccc(C(C)NC(C)=O)cc3)C2)c(F)c1. The molecule has 1 unspecified atom stereocenters. The number of amides is 1. The molecule has 0 bridgehead atoms. The van der Waals surface area contributed by atoms with Gasteiger partial charge in [0.1, 0.15) is 11.9 Å².